The van der Waals surface area contributed by atoms with Crippen molar-refractivity contribution in [1.82, 2.24) is 4.98 Å². The number of imide groups is 1. The van der Waals surface area contributed by atoms with E-state index in [0.29, 0.717) is 21.3 Å². The van der Waals surface area contributed by atoms with E-state index in [-0.39, 0.29) is 11.8 Å². The van der Waals surface area contributed by atoms with Gasteiger partial charge in [-0.25, -0.2) is 4.90 Å². The Hall–Kier alpha value is -3.20. The molecule has 7 heteroatoms. The molecule has 5 nitrogen and oxygen atoms in total. The summed E-state index contributed by atoms with van der Waals surface area (Å²) in [7, 11) is 0. The van der Waals surface area contributed by atoms with Crippen molar-refractivity contribution in [3.63, 3.8) is 0 Å². The molecule has 1 aliphatic heterocycles. The Bertz CT molecular complexity index is 1270. The summed E-state index contributed by atoms with van der Waals surface area (Å²) in [5, 5.41) is 9.87. The zero-order valence-electron chi connectivity index (χ0n) is 16.3. The number of carbonyl (C=O) groups excluding carboxylic acids is 2. The van der Waals surface area contributed by atoms with E-state index in [1.54, 1.807) is 42.7 Å². The molecule has 0 spiro atoms. The molecule has 3 atom stereocenters. The third kappa shape index (κ3) is 2.46. The number of nitriles is 1. The van der Waals surface area contributed by atoms with Crippen LogP contribution in [0.4, 0.5) is 5.69 Å². The number of hydrogen-bond acceptors (Lipinski definition) is 4. The van der Waals surface area contributed by atoms with Crippen LogP contribution in [-0.2, 0) is 15.0 Å². The van der Waals surface area contributed by atoms with Crippen LogP contribution in [0.5, 0.6) is 0 Å². The van der Waals surface area contributed by atoms with Gasteiger partial charge < -0.3 is 0 Å². The number of nitrogens with zero attached hydrogens (tertiary/aromatic N) is 3. The van der Waals surface area contributed by atoms with Crippen molar-refractivity contribution in [2.24, 2.45) is 11.3 Å². The molecule has 2 aromatic carbocycles. The number of hydrogen-bond donors (Lipinski definition) is 0. The highest BCUT2D eigenvalue weighted by atomic mass is 35.5. The molecule has 1 saturated heterocycles. The first-order chi connectivity index (χ1) is 14.9. The molecule has 0 bridgehead atoms. The molecule has 31 heavy (non-hydrogen) atoms. The lowest BCUT2D eigenvalue weighted by Gasteiger charge is -2.29. The number of halogens is 2. The number of pyridine rings is 1. The van der Waals surface area contributed by atoms with Crippen molar-refractivity contribution in [1.29, 1.82) is 5.26 Å². The second-order valence-electron chi connectivity index (χ2n) is 7.97. The van der Waals surface area contributed by atoms with Crippen molar-refractivity contribution < 1.29 is 9.59 Å². The van der Waals surface area contributed by atoms with E-state index in [2.05, 4.69) is 11.1 Å². The quantitative estimate of drug-likeness (QED) is 0.542. The molecular weight excluding hydrogens is 433 g/mol. The lowest BCUT2D eigenvalue weighted by atomic mass is 9.79. The average Bonchev–Trinajstić information content (AvgIpc) is 3.28. The van der Waals surface area contributed by atoms with Gasteiger partial charge in [0.05, 0.1) is 28.7 Å². The van der Waals surface area contributed by atoms with Crippen molar-refractivity contribution in [3.05, 3.63) is 93.7 Å². The van der Waals surface area contributed by atoms with Crippen molar-refractivity contribution in [3.8, 4) is 6.07 Å². The molecule has 1 aromatic heterocycles. The average molecular weight is 448 g/mol. The molecule has 0 N–H and O–H groups in total. The Balaban J connectivity index is 1.68. The lowest BCUT2D eigenvalue weighted by molar-refractivity contribution is -0.125. The normalized spacial score (nSPS) is 26.5. The van der Waals surface area contributed by atoms with Crippen LogP contribution < -0.4 is 4.90 Å². The van der Waals surface area contributed by atoms with Gasteiger partial charge in [-0.1, -0.05) is 35.3 Å². The number of benzene rings is 2. The molecule has 2 amide bonds. The van der Waals surface area contributed by atoms with Crippen molar-refractivity contribution in [2.45, 2.75) is 12.3 Å². The first kappa shape index (κ1) is 19.7. The van der Waals surface area contributed by atoms with E-state index in [9.17, 15) is 14.9 Å². The zero-order valence-corrected chi connectivity index (χ0v) is 17.9. The fourth-order valence-electron chi connectivity index (χ4n) is 5.24. The van der Waals surface area contributed by atoms with Gasteiger partial charge in [0.2, 0.25) is 11.8 Å². The molecular formula is C24H15Cl2N3O2. The fraction of sp³-hybridized carbons (Fsp3) is 0.167. The summed E-state index contributed by atoms with van der Waals surface area (Å²) in [6.07, 6.45) is 3.31. The number of anilines is 1. The van der Waals surface area contributed by atoms with Gasteiger partial charge in [0, 0.05) is 27.9 Å². The summed E-state index contributed by atoms with van der Waals surface area (Å²) in [6.45, 7) is 1.82. The first-order valence-electron chi connectivity index (χ1n) is 9.61. The number of carbonyl (C=O) groups is 2. The number of piperidine rings is 1. The molecule has 0 unspecified atom stereocenters. The summed E-state index contributed by atoms with van der Waals surface area (Å²) in [4.78, 5) is 32.6. The minimum atomic E-state index is -0.992. The van der Waals surface area contributed by atoms with E-state index in [0.717, 1.165) is 11.1 Å². The highest BCUT2D eigenvalue weighted by Gasteiger charge is 2.86. The zero-order chi connectivity index (χ0) is 22.0. The van der Waals surface area contributed by atoms with E-state index in [4.69, 9.17) is 23.2 Å². The Morgan fingerprint density at radius 2 is 1.55 bits per heavy atom. The number of fused-ring (bicyclic) bond motifs is 1. The van der Waals surface area contributed by atoms with Gasteiger partial charge in [0.15, 0.2) is 0 Å². The van der Waals surface area contributed by atoms with Gasteiger partial charge in [-0.3, -0.25) is 14.6 Å². The SMILES string of the molecule is C[C@]12C(=O)N(c3cc(Cl)cc(Cl)c3)C(=O)[C@H]1[C@@]2(c1ccncc1)c1ccc(C#N)cc1. The summed E-state index contributed by atoms with van der Waals surface area (Å²) >= 11 is 12.2. The minimum Gasteiger partial charge on any atom is -0.274 e. The van der Waals surface area contributed by atoms with Crippen LogP contribution in [0, 0.1) is 22.7 Å². The number of rotatable bonds is 3. The topological polar surface area (TPSA) is 74.1 Å². The van der Waals surface area contributed by atoms with Gasteiger partial charge >= 0.3 is 0 Å². The lowest BCUT2D eigenvalue weighted by Crippen LogP contribution is -2.42. The van der Waals surface area contributed by atoms with Crippen LogP contribution >= 0.6 is 23.2 Å². The summed E-state index contributed by atoms with van der Waals surface area (Å²) in [6, 6.07) is 17.5. The largest absolute Gasteiger partial charge is 0.274 e. The summed E-state index contributed by atoms with van der Waals surface area (Å²) in [5.74, 6) is -1.20. The standard InChI is InChI=1S/C24H15Cl2N3O2/c1-23-20(21(30)29(22(23)31)19-11-17(25)10-18(26)12-19)24(23,16-6-8-28-9-7-16)15-4-2-14(13-27)3-5-15/h2-12,20H,1H3/t20-,23-,24+/m1/s1. The Kier molecular flexibility index (Phi) is 4.23. The van der Waals surface area contributed by atoms with Gasteiger partial charge in [0.25, 0.3) is 0 Å². The molecule has 0 radical (unpaired) electrons. The van der Waals surface area contributed by atoms with E-state index in [1.807, 2.05) is 31.2 Å². The maximum Gasteiger partial charge on any atom is 0.241 e. The third-order valence-corrected chi connectivity index (χ3v) is 7.01. The van der Waals surface area contributed by atoms with Crippen LogP contribution in [0.15, 0.2) is 67.0 Å². The molecule has 1 aliphatic carbocycles. The van der Waals surface area contributed by atoms with Crippen LogP contribution in [-0.4, -0.2) is 16.8 Å². The summed E-state index contributed by atoms with van der Waals surface area (Å²) in [5.41, 5.74) is 0.702. The molecule has 2 heterocycles. The first-order valence-corrected chi connectivity index (χ1v) is 10.4. The Labute approximate surface area is 188 Å². The van der Waals surface area contributed by atoms with Crippen LogP contribution in [0.2, 0.25) is 10.0 Å². The minimum absolute atomic E-state index is 0.299. The van der Waals surface area contributed by atoms with Gasteiger partial charge in [0.1, 0.15) is 0 Å². The monoisotopic (exact) mass is 447 g/mol. The van der Waals surface area contributed by atoms with Gasteiger partial charge in [-0.15, -0.1) is 0 Å². The van der Waals surface area contributed by atoms with Crippen LogP contribution in [0.1, 0.15) is 23.6 Å². The Morgan fingerprint density at radius 1 is 0.968 bits per heavy atom. The second kappa shape index (κ2) is 6.65. The molecule has 1 saturated carbocycles. The molecule has 3 aromatic rings. The number of amides is 2. The van der Waals surface area contributed by atoms with Crippen LogP contribution in [0.25, 0.3) is 0 Å². The van der Waals surface area contributed by atoms with Crippen LogP contribution in [0.3, 0.4) is 0 Å². The predicted octanol–water partition coefficient (Wildman–Crippen LogP) is 4.76. The smallest absolute Gasteiger partial charge is 0.241 e. The van der Waals surface area contributed by atoms with Crippen molar-refractivity contribution in [2.75, 3.05) is 4.90 Å². The Morgan fingerprint density at radius 3 is 2.06 bits per heavy atom. The molecule has 2 aliphatic rings. The fourth-order valence-corrected chi connectivity index (χ4v) is 5.75. The summed E-state index contributed by atoms with van der Waals surface area (Å²) < 4.78 is 0. The highest BCUT2D eigenvalue weighted by molar-refractivity contribution is 6.36. The maximum absolute atomic E-state index is 13.7. The van der Waals surface area contributed by atoms with Crippen molar-refractivity contribution >= 4 is 40.7 Å². The molecule has 152 valence electrons. The predicted molar refractivity (Wildman–Crippen MR) is 117 cm³/mol. The van der Waals surface area contributed by atoms with E-state index >= 15 is 0 Å². The van der Waals surface area contributed by atoms with Gasteiger partial charge in [-0.05, 0) is 60.5 Å². The van der Waals surface area contributed by atoms with E-state index < -0.39 is 16.7 Å². The van der Waals surface area contributed by atoms with E-state index in [1.165, 1.54) is 4.90 Å². The second-order valence-corrected chi connectivity index (χ2v) is 8.85. The maximum atomic E-state index is 13.7. The number of aromatic nitrogens is 1. The molecule has 2 fully saturated rings. The third-order valence-electron chi connectivity index (χ3n) is 6.57. The molecule has 5 rings (SSSR count). The van der Waals surface area contributed by atoms with Gasteiger partial charge in [-0.2, -0.15) is 5.26 Å². The highest BCUT2D eigenvalue weighted by Crippen LogP contribution is 2.76.